The third kappa shape index (κ3) is 1.90. The SMILES string of the molecule is Brc1ccc([C@H]2S[C@H]3C=C[C@@H]2CC3)cc1. The second kappa shape index (κ2) is 3.99. The van der Waals surface area contributed by atoms with E-state index in [9.17, 15) is 0 Å². The Morgan fingerprint density at radius 1 is 1.07 bits per heavy atom. The summed E-state index contributed by atoms with van der Waals surface area (Å²) in [5.74, 6) is 0.765. The van der Waals surface area contributed by atoms with Crippen LogP contribution >= 0.6 is 27.7 Å². The Balaban J connectivity index is 1.89. The first-order valence-electron chi connectivity index (χ1n) is 5.42. The molecule has 2 heterocycles. The molecule has 3 atom stereocenters. The highest BCUT2D eigenvalue weighted by Gasteiger charge is 2.33. The van der Waals surface area contributed by atoms with Crippen LogP contribution in [0.15, 0.2) is 40.9 Å². The lowest BCUT2D eigenvalue weighted by molar-refractivity contribution is 0.509. The Morgan fingerprint density at radius 2 is 1.87 bits per heavy atom. The van der Waals surface area contributed by atoms with E-state index in [-0.39, 0.29) is 0 Å². The van der Waals surface area contributed by atoms with E-state index in [0.29, 0.717) is 5.25 Å². The van der Waals surface area contributed by atoms with E-state index in [1.807, 2.05) is 0 Å². The minimum absolute atomic E-state index is 0.696. The zero-order chi connectivity index (χ0) is 10.3. The van der Waals surface area contributed by atoms with Crippen molar-refractivity contribution < 1.29 is 0 Å². The largest absolute Gasteiger partial charge is 0.146 e. The Kier molecular flexibility index (Phi) is 2.65. The molecule has 3 aliphatic rings. The van der Waals surface area contributed by atoms with Gasteiger partial charge in [0.1, 0.15) is 0 Å². The topological polar surface area (TPSA) is 0 Å². The number of allylic oxidation sites excluding steroid dienone is 1. The summed E-state index contributed by atoms with van der Waals surface area (Å²) in [6.45, 7) is 0. The van der Waals surface area contributed by atoms with Crippen molar-refractivity contribution >= 4 is 27.7 Å². The lowest BCUT2D eigenvalue weighted by Gasteiger charge is -2.37. The van der Waals surface area contributed by atoms with E-state index in [1.54, 1.807) is 0 Å². The molecule has 4 rings (SSSR count). The molecule has 0 spiro atoms. The average Bonchev–Trinajstić information content (AvgIpc) is 2.31. The van der Waals surface area contributed by atoms with Gasteiger partial charge in [0, 0.05) is 15.0 Å². The van der Waals surface area contributed by atoms with Crippen LogP contribution in [0.4, 0.5) is 0 Å². The number of rotatable bonds is 1. The lowest BCUT2D eigenvalue weighted by Crippen LogP contribution is -2.23. The molecule has 1 aromatic rings. The Labute approximate surface area is 103 Å². The maximum atomic E-state index is 3.49. The fourth-order valence-electron chi connectivity index (χ4n) is 2.45. The highest BCUT2D eigenvalue weighted by molar-refractivity contribution is 9.10. The van der Waals surface area contributed by atoms with E-state index in [0.717, 1.165) is 11.2 Å². The second-order valence-corrected chi connectivity index (χ2v) is 6.57. The van der Waals surface area contributed by atoms with E-state index in [2.05, 4.69) is 64.1 Å². The van der Waals surface area contributed by atoms with Crippen LogP contribution in [0.5, 0.6) is 0 Å². The van der Waals surface area contributed by atoms with Crippen molar-refractivity contribution in [1.29, 1.82) is 0 Å². The van der Waals surface area contributed by atoms with Crippen LogP contribution < -0.4 is 0 Å². The van der Waals surface area contributed by atoms with E-state index < -0.39 is 0 Å². The monoisotopic (exact) mass is 280 g/mol. The Hall–Kier alpha value is -0.210. The number of hydrogen-bond donors (Lipinski definition) is 0. The van der Waals surface area contributed by atoms with Crippen molar-refractivity contribution in [2.24, 2.45) is 5.92 Å². The molecule has 15 heavy (non-hydrogen) atoms. The van der Waals surface area contributed by atoms with Gasteiger partial charge in [-0.3, -0.25) is 0 Å². The van der Waals surface area contributed by atoms with Crippen LogP contribution in [0.25, 0.3) is 0 Å². The number of hydrogen-bond acceptors (Lipinski definition) is 1. The molecule has 0 amide bonds. The van der Waals surface area contributed by atoms with E-state index >= 15 is 0 Å². The molecule has 1 aliphatic carbocycles. The number of benzene rings is 1. The van der Waals surface area contributed by atoms with E-state index in [4.69, 9.17) is 0 Å². The number of fused-ring (bicyclic) bond motifs is 2. The fourth-order valence-corrected chi connectivity index (χ4v) is 4.29. The van der Waals surface area contributed by atoms with Crippen LogP contribution in [0.3, 0.4) is 0 Å². The van der Waals surface area contributed by atoms with Crippen molar-refractivity contribution in [2.45, 2.75) is 23.3 Å². The average molecular weight is 281 g/mol. The second-order valence-electron chi connectivity index (χ2n) is 4.27. The van der Waals surface area contributed by atoms with Gasteiger partial charge in [0.2, 0.25) is 0 Å². The van der Waals surface area contributed by atoms with Crippen molar-refractivity contribution in [3.8, 4) is 0 Å². The van der Waals surface area contributed by atoms with Crippen LogP contribution in [0, 0.1) is 5.92 Å². The van der Waals surface area contributed by atoms with Gasteiger partial charge in [-0.1, -0.05) is 40.2 Å². The van der Waals surface area contributed by atoms with E-state index in [1.165, 1.54) is 22.9 Å². The van der Waals surface area contributed by atoms with Crippen LogP contribution in [-0.4, -0.2) is 5.25 Å². The molecular weight excluding hydrogens is 268 g/mol. The first kappa shape index (κ1) is 9.98. The van der Waals surface area contributed by atoms with Crippen LogP contribution in [0.2, 0.25) is 0 Å². The third-order valence-electron chi connectivity index (χ3n) is 3.27. The Bertz CT molecular complexity index is 382. The van der Waals surface area contributed by atoms with Crippen molar-refractivity contribution in [3.63, 3.8) is 0 Å². The molecule has 2 heteroatoms. The summed E-state index contributed by atoms with van der Waals surface area (Å²) in [6, 6.07) is 8.83. The molecule has 2 aliphatic heterocycles. The summed E-state index contributed by atoms with van der Waals surface area (Å²) in [7, 11) is 0. The molecule has 78 valence electrons. The summed E-state index contributed by atoms with van der Waals surface area (Å²) >= 11 is 5.63. The Morgan fingerprint density at radius 3 is 2.40 bits per heavy atom. The minimum atomic E-state index is 0.696. The molecule has 0 saturated carbocycles. The standard InChI is InChI=1S/C13H13BrS/c14-11-5-1-9(2-6-11)13-10-3-7-12(15-13)8-4-10/h1-3,5-7,10,12-13H,4,8H2/t10-,12+,13-/m1/s1. The summed E-state index contributed by atoms with van der Waals surface area (Å²) < 4.78 is 1.17. The lowest BCUT2D eigenvalue weighted by atomic mass is 9.88. The normalized spacial score (nSPS) is 33.3. The fraction of sp³-hybridized carbons (Fsp3) is 0.385. The first-order valence-corrected chi connectivity index (χ1v) is 7.16. The zero-order valence-electron chi connectivity index (χ0n) is 8.40. The van der Waals surface area contributed by atoms with Crippen molar-refractivity contribution in [1.82, 2.24) is 0 Å². The molecule has 0 aromatic heterocycles. The molecule has 0 N–H and O–H groups in total. The highest BCUT2D eigenvalue weighted by atomic mass is 79.9. The van der Waals surface area contributed by atoms with Gasteiger partial charge in [-0.2, -0.15) is 0 Å². The predicted molar refractivity (Wildman–Crippen MR) is 70.1 cm³/mol. The molecule has 2 bridgehead atoms. The molecule has 0 radical (unpaired) electrons. The van der Waals surface area contributed by atoms with Gasteiger partial charge >= 0.3 is 0 Å². The first-order chi connectivity index (χ1) is 7.33. The summed E-state index contributed by atoms with van der Waals surface area (Å²) in [5, 5.41) is 1.46. The van der Waals surface area contributed by atoms with Gasteiger partial charge in [-0.25, -0.2) is 0 Å². The van der Waals surface area contributed by atoms with Crippen molar-refractivity contribution in [3.05, 3.63) is 46.5 Å². The van der Waals surface area contributed by atoms with Gasteiger partial charge in [-0.15, -0.1) is 11.8 Å². The summed E-state index contributed by atoms with van der Waals surface area (Å²) in [4.78, 5) is 0. The maximum Gasteiger partial charge on any atom is 0.0365 e. The van der Waals surface area contributed by atoms with Gasteiger partial charge in [0.05, 0.1) is 0 Å². The van der Waals surface area contributed by atoms with Crippen LogP contribution in [-0.2, 0) is 0 Å². The highest BCUT2D eigenvalue weighted by Crippen LogP contribution is 2.50. The predicted octanol–water partition coefficient (Wildman–Crippen LogP) is 4.57. The molecule has 1 saturated heterocycles. The van der Waals surface area contributed by atoms with Gasteiger partial charge in [0.25, 0.3) is 0 Å². The third-order valence-corrected chi connectivity index (χ3v) is 5.45. The molecule has 0 nitrogen and oxygen atoms in total. The molecule has 0 unspecified atom stereocenters. The van der Waals surface area contributed by atoms with Crippen molar-refractivity contribution in [2.75, 3.05) is 0 Å². The maximum absolute atomic E-state index is 3.49. The smallest absolute Gasteiger partial charge is 0.0365 e. The van der Waals surface area contributed by atoms with Gasteiger partial charge in [0.15, 0.2) is 0 Å². The summed E-state index contributed by atoms with van der Waals surface area (Å²) in [6.07, 6.45) is 7.57. The number of thioether (sulfide) groups is 1. The van der Waals surface area contributed by atoms with Gasteiger partial charge in [-0.05, 0) is 36.5 Å². The quantitative estimate of drug-likeness (QED) is 0.679. The summed E-state index contributed by atoms with van der Waals surface area (Å²) in [5.41, 5.74) is 1.49. The van der Waals surface area contributed by atoms with Crippen LogP contribution in [0.1, 0.15) is 23.7 Å². The van der Waals surface area contributed by atoms with Gasteiger partial charge < -0.3 is 0 Å². The molecular formula is C13H13BrS. The zero-order valence-corrected chi connectivity index (χ0v) is 10.8. The minimum Gasteiger partial charge on any atom is -0.146 e. The number of halogens is 1. The molecule has 1 fully saturated rings. The molecule has 1 aromatic carbocycles.